The Morgan fingerprint density at radius 2 is 1.95 bits per heavy atom. The van der Waals surface area contributed by atoms with Crippen molar-refractivity contribution in [3.05, 3.63) is 29.3 Å². The second kappa shape index (κ2) is 6.06. The van der Waals surface area contributed by atoms with Crippen LogP contribution >= 0.6 is 0 Å². The first-order valence-corrected chi connectivity index (χ1v) is 7.99. The highest BCUT2D eigenvalue weighted by Gasteiger charge is 2.29. The van der Waals surface area contributed by atoms with E-state index in [1.165, 1.54) is 16.8 Å². The molecule has 0 aliphatic carbocycles. The lowest BCUT2D eigenvalue weighted by atomic mass is 10.1. The molecule has 114 valence electrons. The number of amides is 1. The molecule has 0 spiro atoms. The lowest BCUT2D eigenvalue weighted by molar-refractivity contribution is -0.133. The largest absolute Gasteiger partial charge is 0.368 e. The SMILES string of the molecule is Cc1ccc(C)c(N2CCN(C(=O)[C@H]3CCCN3)CC2)c1. The standard InChI is InChI=1S/C17H25N3O/c1-13-5-6-14(2)16(12-13)19-8-10-20(11-9-19)17(21)15-4-3-7-18-15/h5-6,12,15,18H,3-4,7-11H2,1-2H3/t15-/m1/s1. The van der Waals surface area contributed by atoms with Crippen LogP contribution in [0.2, 0.25) is 0 Å². The number of nitrogens with one attached hydrogen (secondary N) is 1. The third-order valence-corrected chi connectivity index (χ3v) is 4.66. The zero-order valence-corrected chi connectivity index (χ0v) is 13.1. The van der Waals surface area contributed by atoms with Gasteiger partial charge in [0.25, 0.3) is 0 Å². The molecule has 1 N–H and O–H groups in total. The van der Waals surface area contributed by atoms with Crippen LogP contribution in [0.5, 0.6) is 0 Å². The first-order chi connectivity index (χ1) is 10.1. The molecule has 2 fully saturated rings. The van der Waals surface area contributed by atoms with Crippen LogP contribution in [-0.4, -0.2) is 49.6 Å². The van der Waals surface area contributed by atoms with Crippen molar-refractivity contribution in [3.8, 4) is 0 Å². The van der Waals surface area contributed by atoms with Gasteiger partial charge in [0, 0.05) is 31.9 Å². The molecule has 0 radical (unpaired) electrons. The van der Waals surface area contributed by atoms with Gasteiger partial charge in [0.2, 0.25) is 5.91 Å². The Balaban J connectivity index is 1.62. The van der Waals surface area contributed by atoms with Gasteiger partial charge >= 0.3 is 0 Å². The Bertz CT molecular complexity index is 515. The molecule has 1 aromatic rings. The number of aryl methyl sites for hydroxylation is 2. The van der Waals surface area contributed by atoms with Crippen LogP contribution in [-0.2, 0) is 4.79 Å². The van der Waals surface area contributed by atoms with E-state index >= 15 is 0 Å². The molecule has 0 bridgehead atoms. The van der Waals surface area contributed by atoms with E-state index < -0.39 is 0 Å². The lowest BCUT2D eigenvalue weighted by Gasteiger charge is -2.38. The molecule has 2 saturated heterocycles. The minimum atomic E-state index is 0.0669. The van der Waals surface area contributed by atoms with Gasteiger partial charge in [0.15, 0.2) is 0 Å². The van der Waals surface area contributed by atoms with Crippen LogP contribution in [0.25, 0.3) is 0 Å². The summed E-state index contributed by atoms with van der Waals surface area (Å²) in [6, 6.07) is 6.66. The van der Waals surface area contributed by atoms with Crippen molar-refractivity contribution in [3.63, 3.8) is 0 Å². The molecule has 0 saturated carbocycles. The maximum Gasteiger partial charge on any atom is 0.239 e. The molecule has 2 aliphatic heterocycles. The Morgan fingerprint density at radius 3 is 2.62 bits per heavy atom. The van der Waals surface area contributed by atoms with Gasteiger partial charge in [-0.25, -0.2) is 0 Å². The predicted molar refractivity (Wildman–Crippen MR) is 85.7 cm³/mol. The minimum absolute atomic E-state index is 0.0669. The fraction of sp³-hybridized carbons (Fsp3) is 0.588. The van der Waals surface area contributed by atoms with E-state index in [-0.39, 0.29) is 6.04 Å². The number of piperazine rings is 1. The van der Waals surface area contributed by atoms with Crippen LogP contribution in [0, 0.1) is 13.8 Å². The number of hydrogen-bond acceptors (Lipinski definition) is 3. The van der Waals surface area contributed by atoms with E-state index in [2.05, 4.69) is 42.3 Å². The molecule has 2 heterocycles. The van der Waals surface area contributed by atoms with E-state index in [4.69, 9.17) is 0 Å². The molecular formula is C17H25N3O. The molecule has 21 heavy (non-hydrogen) atoms. The third-order valence-electron chi connectivity index (χ3n) is 4.66. The van der Waals surface area contributed by atoms with Crippen molar-refractivity contribution in [1.29, 1.82) is 0 Å². The normalized spacial score (nSPS) is 22.7. The number of rotatable bonds is 2. The van der Waals surface area contributed by atoms with Crippen molar-refractivity contribution in [2.24, 2.45) is 0 Å². The highest BCUT2D eigenvalue weighted by molar-refractivity contribution is 5.82. The number of nitrogens with zero attached hydrogens (tertiary/aromatic N) is 2. The summed E-state index contributed by atoms with van der Waals surface area (Å²) in [6.45, 7) is 8.82. The smallest absolute Gasteiger partial charge is 0.239 e. The van der Waals surface area contributed by atoms with Crippen LogP contribution in [0.1, 0.15) is 24.0 Å². The second-order valence-corrected chi connectivity index (χ2v) is 6.25. The van der Waals surface area contributed by atoms with E-state index in [1.54, 1.807) is 0 Å². The summed E-state index contributed by atoms with van der Waals surface area (Å²) in [5, 5.41) is 3.31. The van der Waals surface area contributed by atoms with Crippen molar-refractivity contribution in [2.45, 2.75) is 32.7 Å². The van der Waals surface area contributed by atoms with Crippen LogP contribution in [0.4, 0.5) is 5.69 Å². The predicted octanol–water partition coefficient (Wildman–Crippen LogP) is 1.70. The average Bonchev–Trinajstić information content (AvgIpc) is 3.03. The summed E-state index contributed by atoms with van der Waals surface area (Å²) in [5.74, 6) is 0.299. The molecule has 4 heteroatoms. The Kier molecular flexibility index (Phi) is 4.15. The molecule has 1 aromatic carbocycles. The van der Waals surface area contributed by atoms with Gasteiger partial charge in [0.05, 0.1) is 6.04 Å². The van der Waals surface area contributed by atoms with Crippen molar-refractivity contribution >= 4 is 11.6 Å². The van der Waals surface area contributed by atoms with Gasteiger partial charge < -0.3 is 15.1 Å². The van der Waals surface area contributed by atoms with Gasteiger partial charge in [-0.3, -0.25) is 4.79 Å². The molecule has 1 atom stereocenters. The number of carbonyl (C=O) groups is 1. The van der Waals surface area contributed by atoms with Gasteiger partial charge in [-0.1, -0.05) is 12.1 Å². The van der Waals surface area contributed by atoms with Crippen molar-refractivity contribution in [2.75, 3.05) is 37.6 Å². The van der Waals surface area contributed by atoms with E-state index in [0.29, 0.717) is 5.91 Å². The minimum Gasteiger partial charge on any atom is -0.368 e. The fourth-order valence-corrected chi connectivity index (χ4v) is 3.34. The van der Waals surface area contributed by atoms with E-state index in [0.717, 1.165) is 45.6 Å². The maximum atomic E-state index is 12.4. The fourth-order valence-electron chi connectivity index (χ4n) is 3.34. The van der Waals surface area contributed by atoms with Crippen molar-refractivity contribution in [1.82, 2.24) is 10.2 Å². The van der Waals surface area contributed by atoms with Gasteiger partial charge in [-0.2, -0.15) is 0 Å². The second-order valence-electron chi connectivity index (χ2n) is 6.25. The number of carbonyl (C=O) groups excluding carboxylic acids is 1. The summed E-state index contributed by atoms with van der Waals surface area (Å²) in [7, 11) is 0. The number of hydrogen-bond donors (Lipinski definition) is 1. The quantitative estimate of drug-likeness (QED) is 0.899. The van der Waals surface area contributed by atoms with E-state index in [1.807, 2.05) is 4.90 Å². The molecule has 1 amide bonds. The van der Waals surface area contributed by atoms with Crippen LogP contribution in [0.3, 0.4) is 0 Å². The summed E-state index contributed by atoms with van der Waals surface area (Å²) < 4.78 is 0. The van der Waals surface area contributed by atoms with E-state index in [9.17, 15) is 4.79 Å². The first-order valence-electron chi connectivity index (χ1n) is 7.99. The zero-order chi connectivity index (χ0) is 14.8. The topological polar surface area (TPSA) is 35.6 Å². The van der Waals surface area contributed by atoms with Crippen molar-refractivity contribution < 1.29 is 4.79 Å². The number of benzene rings is 1. The molecule has 0 aromatic heterocycles. The third kappa shape index (κ3) is 3.05. The Morgan fingerprint density at radius 1 is 1.19 bits per heavy atom. The monoisotopic (exact) mass is 287 g/mol. The summed E-state index contributed by atoms with van der Waals surface area (Å²) in [4.78, 5) is 16.9. The first kappa shape index (κ1) is 14.4. The summed E-state index contributed by atoms with van der Waals surface area (Å²) >= 11 is 0. The molecule has 0 unspecified atom stereocenters. The van der Waals surface area contributed by atoms with Gasteiger partial charge in [-0.05, 0) is 50.4 Å². The zero-order valence-electron chi connectivity index (χ0n) is 13.1. The Hall–Kier alpha value is -1.55. The average molecular weight is 287 g/mol. The lowest BCUT2D eigenvalue weighted by Crippen LogP contribution is -2.53. The van der Waals surface area contributed by atoms with Gasteiger partial charge in [0.1, 0.15) is 0 Å². The number of anilines is 1. The highest BCUT2D eigenvalue weighted by atomic mass is 16.2. The van der Waals surface area contributed by atoms with Crippen LogP contribution < -0.4 is 10.2 Å². The van der Waals surface area contributed by atoms with Crippen LogP contribution in [0.15, 0.2) is 18.2 Å². The Labute approximate surface area is 127 Å². The molecular weight excluding hydrogens is 262 g/mol. The summed E-state index contributed by atoms with van der Waals surface area (Å²) in [5.41, 5.74) is 3.93. The maximum absolute atomic E-state index is 12.4. The molecule has 3 rings (SSSR count). The van der Waals surface area contributed by atoms with Gasteiger partial charge in [-0.15, -0.1) is 0 Å². The summed E-state index contributed by atoms with van der Waals surface area (Å²) in [6.07, 6.45) is 2.12. The molecule has 2 aliphatic rings. The highest BCUT2D eigenvalue weighted by Crippen LogP contribution is 2.23. The molecule has 4 nitrogen and oxygen atoms in total.